The van der Waals surface area contributed by atoms with Gasteiger partial charge < -0.3 is 14.1 Å². The SMILES string of the molecule is CC(O)(N[S@+]([O-])C(C)(C)C)c1cccc(-c2cc(-n3cccn3)c3cnn(-c4cccc(CO[Si](C)(C)C(C)(C)C)n4)c3c2)n1. The van der Waals surface area contributed by atoms with Crippen molar-refractivity contribution >= 4 is 30.6 Å². The zero-order valence-corrected chi connectivity index (χ0v) is 29.3. The number of nitrogens with one attached hydrogen (secondary N) is 1. The highest BCUT2D eigenvalue weighted by atomic mass is 32.2. The van der Waals surface area contributed by atoms with E-state index in [4.69, 9.17) is 19.5 Å². The molecule has 0 aliphatic rings. The maximum Gasteiger partial charge on any atom is 0.197 e. The lowest BCUT2D eigenvalue weighted by molar-refractivity contribution is 0.0401. The van der Waals surface area contributed by atoms with Crippen molar-refractivity contribution in [2.45, 2.75) is 83.7 Å². The first kappa shape index (κ1) is 33.0. The fourth-order valence-corrected chi connectivity index (χ4v) is 6.14. The highest BCUT2D eigenvalue weighted by Crippen LogP contribution is 2.37. The summed E-state index contributed by atoms with van der Waals surface area (Å²) in [6.07, 6.45) is 5.43. The second kappa shape index (κ2) is 12.1. The van der Waals surface area contributed by atoms with Gasteiger partial charge in [-0.25, -0.2) is 19.3 Å². The molecule has 1 aromatic carbocycles. The monoisotopic (exact) mass is 645 g/mol. The van der Waals surface area contributed by atoms with Crippen LogP contribution in [0.15, 0.2) is 73.2 Å². The average molecular weight is 646 g/mol. The number of fused-ring (bicyclic) bond motifs is 1. The fraction of sp³-hybridized carbons (Fsp3) is 0.394. The molecule has 10 nitrogen and oxygen atoms in total. The zero-order chi connectivity index (χ0) is 32.8. The van der Waals surface area contributed by atoms with Gasteiger partial charge >= 0.3 is 0 Å². The molecule has 0 bridgehead atoms. The van der Waals surface area contributed by atoms with Gasteiger partial charge in [0.05, 0.1) is 41.1 Å². The first-order chi connectivity index (χ1) is 21.0. The molecular formula is C33H43N7O3SSi. The Kier molecular flexibility index (Phi) is 8.86. The summed E-state index contributed by atoms with van der Waals surface area (Å²) in [6.45, 7) is 18.7. The Morgan fingerprint density at radius 1 is 0.956 bits per heavy atom. The van der Waals surface area contributed by atoms with Crippen LogP contribution in [0.5, 0.6) is 0 Å². The molecule has 0 aliphatic carbocycles. The molecule has 0 aliphatic heterocycles. The van der Waals surface area contributed by atoms with E-state index in [1.807, 2.05) is 86.4 Å². The van der Waals surface area contributed by atoms with E-state index in [1.165, 1.54) is 0 Å². The van der Waals surface area contributed by atoms with Crippen LogP contribution < -0.4 is 4.72 Å². The fourth-order valence-electron chi connectivity index (χ4n) is 4.43. The predicted octanol–water partition coefficient (Wildman–Crippen LogP) is 6.41. The van der Waals surface area contributed by atoms with Crippen LogP contribution in [0.1, 0.15) is 59.9 Å². The summed E-state index contributed by atoms with van der Waals surface area (Å²) in [5.41, 5.74) is 2.62. The molecule has 0 fully saturated rings. The summed E-state index contributed by atoms with van der Waals surface area (Å²) in [4.78, 5) is 9.74. The molecule has 238 valence electrons. The summed E-state index contributed by atoms with van der Waals surface area (Å²) in [5.74, 6) is 0.670. The lowest BCUT2D eigenvalue weighted by Gasteiger charge is -2.36. The van der Waals surface area contributed by atoms with Crippen LogP contribution in [0.25, 0.3) is 33.7 Å². The predicted molar refractivity (Wildman–Crippen MR) is 182 cm³/mol. The molecule has 4 aromatic heterocycles. The van der Waals surface area contributed by atoms with Gasteiger partial charge in [0.2, 0.25) is 0 Å². The number of rotatable bonds is 9. The van der Waals surface area contributed by atoms with E-state index in [-0.39, 0.29) is 5.04 Å². The standard InChI is InChI=1S/C33H43N7O3SSi/c1-31(2,3)44(42)38-33(7,41)29-15-11-14-26(37-29)23-19-27(39-18-12-17-34-39)25-21-35-40(28(25)20-23)30-16-10-13-24(36-30)22-43-45(8,9)32(4,5)6/h10-21,38,41H,22H2,1-9H3/t33?,44-/m1/s1. The molecule has 4 heterocycles. The van der Waals surface area contributed by atoms with E-state index < -0.39 is 30.2 Å². The van der Waals surface area contributed by atoms with Gasteiger partial charge in [0.15, 0.2) is 19.9 Å². The maximum atomic E-state index is 12.8. The number of aromatic nitrogens is 6. The van der Waals surface area contributed by atoms with E-state index in [2.05, 4.69) is 43.7 Å². The molecule has 0 saturated carbocycles. The Morgan fingerprint density at radius 2 is 1.69 bits per heavy atom. The van der Waals surface area contributed by atoms with E-state index in [0.717, 1.165) is 27.8 Å². The maximum absolute atomic E-state index is 12.8. The van der Waals surface area contributed by atoms with Gasteiger partial charge in [-0.1, -0.05) is 32.9 Å². The van der Waals surface area contributed by atoms with Gasteiger partial charge in [0.25, 0.3) is 0 Å². The second-order valence-electron chi connectivity index (χ2n) is 13.9. The molecule has 0 saturated heterocycles. The minimum atomic E-state index is -1.95. The van der Waals surface area contributed by atoms with Crippen LogP contribution >= 0.6 is 0 Å². The molecule has 0 radical (unpaired) electrons. The molecule has 5 rings (SSSR count). The third-order valence-corrected chi connectivity index (χ3v) is 14.4. The molecule has 1 unspecified atom stereocenters. The first-order valence-corrected chi connectivity index (χ1v) is 19.0. The number of aliphatic hydroxyl groups is 1. The summed E-state index contributed by atoms with van der Waals surface area (Å²) in [7, 11) is -1.95. The van der Waals surface area contributed by atoms with Crippen molar-refractivity contribution in [2.75, 3.05) is 0 Å². The average Bonchev–Trinajstić information content (AvgIpc) is 3.65. The third kappa shape index (κ3) is 7.06. The van der Waals surface area contributed by atoms with Gasteiger partial charge in [0.1, 0.15) is 4.75 Å². The van der Waals surface area contributed by atoms with Crippen molar-refractivity contribution in [3.05, 3.63) is 84.6 Å². The highest BCUT2D eigenvalue weighted by Gasteiger charge is 2.38. The van der Waals surface area contributed by atoms with Crippen molar-refractivity contribution < 1.29 is 14.1 Å². The van der Waals surface area contributed by atoms with Crippen LogP contribution in [-0.2, 0) is 28.1 Å². The van der Waals surface area contributed by atoms with Crippen molar-refractivity contribution in [3.63, 3.8) is 0 Å². The van der Waals surface area contributed by atoms with Gasteiger partial charge in [0, 0.05) is 34.7 Å². The topological polar surface area (TPSA) is 126 Å². The second-order valence-corrected chi connectivity index (χ2v) is 20.7. The molecule has 45 heavy (non-hydrogen) atoms. The number of hydrogen-bond donors (Lipinski definition) is 2. The Morgan fingerprint density at radius 3 is 2.36 bits per heavy atom. The van der Waals surface area contributed by atoms with Crippen LogP contribution in [0, 0.1) is 0 Å². The van der Waals surface area contributed by atoms with Crippen LogP contribution in [0.2, 0.25) is 18.1 Å². The lowest BCUT2D eigenvalue weighted by Crippen LogP contribution is -2.50. The third-order valence-electron chi connectivity index (χ3n) is 8.21. The normalized spacial score (nSPS) is 14.9. The lowest BCUT2D eigenvalue weighted by atomic mass is 10.1. The quantitative estimate of drug-likeness (QED) is 0.107. The Labute approximate surface area is 269 Å². The minimum Gasteiger partial charge on any atom is -0.598 e. The molecule has 2 atom stereocenters. The zero-order valence-electron chi connectivity index (χ0n) is 27.5. The van der Waals surface area contributed by atoms with E-state index >= 15 is 0 Å². The van der Waals surface area contributed by atoms with Gasteiger partial charge in [-0.3, -0.25) is 0 Å². The first-order valence-electron chi connectivity index (χ1n) is 15.0. The molecule has 12 heteroatoms. The van der Waals surface area contributed by atoms with Crippen molar-refractivity contribution in [1.82, 2.24) is 34.3 Å². The van der Waals surface area contributed by atoms with Crippen LogP contribution in [0.3, 0.4) is 0 Å². The summed E-state index contributed by atoms with van der Waals surface area (Å²) in [5, 5.41) is 21.5. The van der Waals surface area contributed by atoms with Crippen molar-refractivity contribution in [3.8, 4) is 22.8 Å². The highest BCUT2D eigenvalue weighted by molar-refractivity contribution is 7.90. The van der Waals surface area contributed by atoms with Gasteiger partial charge in [-0.15, -0.1) is 4.72 Å². The number of hydrogen-bond acceptors (Lipinski definition) is 8. The Hall–Kier alpha value is -3.39. The number of pyridine rings is 2. The molecule has 2 N–H and O–H groups in total. The van der Waals surface area contributed by atoms with Crippen LogP contribution in [0.4, 0.5) is 0 Å². The molecule has 5 aromatic rings. The van der Waals surface area contributed by atoms with E-state index in [0.29, 0.717) is 23.8 Å². The summed E-state index contributed by atoms with van der Waals surface area (Å²) < 4.78 is 25.1. The van der Waals surface area contributed by atoms with Gasteiger partial charge in [-0.2, -0.15) is 10.2 Å². The van der Waals surface area contributed by atoms with E-state index in [1.54, 1.807) is 23.9 Å². The van der Waals surface area contributed by atoms with Crippen molar-refractivity contribution in [1.29, 1.82) is 0 Å². The largest absolute Gasteiger partial charge is 0.598 e. The Bertz CT molecular complexity index is 1790. The number of nitrogens with zero attached hydrogens (tertiary/aromatic N) is 6. The smallest absolute Gasteiger partial charge is 0.197 e. The minimum absolute atomic E-state index is 0.0979. The summed E-state index contributed by atoms with van der Waals surface area (Å²) in [6, 6.07) is 17.2. The van der Waals surface area contributed by atoms with E-state index in [9.17, 15) is 9.66 Å². The van der Waals surface area contributed by atoms with Gasteiger partial charge in [-0.05, 0) is 88.3 Å². The molecular weight excluding hydrogens is 603 g/mol. The molecule has 0 spiro atoms. The number of benzene rings is 1. The summed E-state index contributed by atoms with van der Waals surface area (Å²) >= 11 is -1.51. The van der Waals surface area contributed by atoms with Crippen molar-refractivity contribution in [2.24, 2.45) is 0 Å². The van der Waals surface area contributed by atoms with Crippen LogP contribution in [-0.4, -0.2) is 52.3 Å². The molecule has 0 amide bonds. The Balaban J connectivity index is 1.57.